The Hall–Kier alpha value is -1.26. The smallest absolute Gasteiger partial charge is 0.144 e. The monoisotopic (exact) mass is 270 g/mol. The zero-order chi connectivity index (χ0) is 12.3. The van der Waals surface area contributed by atoms with Crippen molar-refractivity contribution in [3.05, 3.63) is 40.5 Å². The second-order valence-electron chi connectivity index (χ2n) is 3.62. The number of pyridine rings is 1. The van der Waals surface area contributed by atoms with E-state index in [4.69, 9.17) is 23.2 Å². The third-order valence-corrected chi connectivity index (χ3v) is 2.86. The summed E-state index contributed by atoms with van der Waals surface area (Å²) in [6, 6.07) is 1.67. The fourth-order valence-corrected chi connectivity index (χ4v) is 1.92. The van der Waals surface area contributed by atoms with Gasteiger partial charge in [0.15, 0.2) is 0 Å². The first-order chi connectivity index (χ1) is 8.16. The molecule has 17 heavy (non-hydrogen) atoms. The van der Waals surface area contributed by atoms with Crippen LogP contribution in [0, 0.1) is 0 Å². The van der Waals surface area contributed by atoms with Gasteiger partial charge in [0, 0.05) is 38.6 Å². The highest BCUT2D eigenvalue weighted by molar-refractivity contribution is 6.35. The van der Waals surface area contributed by atoms with Crippen molar-refractivity contribution in [2.45, 2.75) is 6.42 Å². The summed E-state index contributed by atoms with van der Waals surface area (Å²) in [5.41, 5.74) is 0. The van der Waals surface area contributed by atoms with Gasteiger partial charge >= 0.3 is 0 Å². The Morgan fingerprint density at radius 2 is 2.18 bits per heavy atom. The Bertz CT molecular complexity index is 510. The molecule has 0 saturated heterocycles. The maximum absolute atomic E-state index is 5.99. The van der Waals surface area contributed by atoms with Crippen molar-refractivity contribution in [2.75, 3.05) is 11.9 Å². The van der Waals surface area contributed by atoms with Crippen LogP contribution < -0.4 is 5.32 Å². The minimum atomic E-state index is 0.525. The van der Waals surface area contributed by atoms with Gasteiger partial charge < -0.3 is 9.88 Å². The predicted molar refractivity (Wildman–Crippen MR) is 69.7 cm³/mol. The van der Waals surface area contributed by atoms with Crippen molar-refractivity contribution in [3.8, 4) is 0 Å². The number of nitrogens with one attached hydrogen (secondary N) is 1. The number of hydrogen-bond acceptors (Lipinski definition) is 3. The molecule has 0 aliphatic heterocycles. The quantitative estimate of drug-likeness (QED) is 0.929. The number of aryl methyl sites for hydroxylation is 1. The lowest BCUT2D eigenvalue weighted by molar-refractivity contribution is 0.788. The fraction of sp³-hybridized carbons (Fsp3) is 0.273. The average Bonchev–Trinajstić information content (AvgIpc) is 2.68. The third kappa shape index (κ3) is 3.11. The van der Waals surface area contributed by atoms with Gasteiger partial charge in [-0.05, 0) is 6.07 Å². The van der Waals surface area contributed by atoms with Crippen LogP contribution in [0.5, 0.6) is 0 Å². The molecule has 2 aromatic rings. The van der Waals surface area contributed by atoms with E-state index in [2.05, 4.69) is 15.3 Å². The molecule has 0 saturated carbocycles. The van der Waals surface area contributed by atoms with E-state index < -0.39 is 0 Å². The molecule has 0 aliphatic carbocycles. The van der Waals surface area contributed by atoms with Gasteiger partial charge in [0.05, 0.1) is 10.0 Å². The van der Waals surface area contributed by atoms with E-state index in [9.17, 15) is 0 Å². The van der Waals surface area contributed by atoms with Crippen molar-refractivity contribution in [3.63, 3.8) is 0 Å². The molecule has 90 valence electrons. The van der Waals surface area contributed by atoms with Crippen molar-refractivity contribution in [1.82, 2.24) is 14.5 Å². The topological polar surface area (TPSA) is 42.7 Å². The van der Waals surface area contributed by atoms with Crippen LogP contribution in [0.3, 0.4) is 0 Å². The molecular weight excluding hydrogens is 259 g/mol. The van der Waals surface area contributed by atoms with Gasteiger partial charge in [-0.15, -0.1) is 0 Å². The van der Waals surface area contributed by atoms with Crippen LogP contribution >= 0.6 is 23.2 Å². The van der Waals surface area contributed by atoms with Crippen LogP contribution in [0.25, 0.3) is 0 Å². The van der Waals surface area contributed by atoms with Crippen LogP contribution in [-0.2, 0) is 13.5 Å². The van der Waals surface area contributed by atoms with Gasteiger partial charge in [-0.25, -0.2) is 9.97 Å². The first-order valence-electron chi connectivity index (χ1n) is 5.18. The Labute approximate surface area is 110 Å². The lowest BCUT2D eigenvalue weighted by atomic mass is 10.4. The molecule has 2 aromatic heterocycles. The van der Waals surface area contributed by atoms with Crippen LogP contribution in [0.4, 0.5) is 5.82 Å². The maximum Gasteiger partial charge on any atom is 0.144 e. The molecule has 2 heterocycles. The summed E-state index contributed by atoms with van der Waals surface area (Å²) in [5.74, 6) is 1.66. The molecule has 4 nitrogen and oxygen atoms in total. The third-order valence-electron chi connectivity index (χ3n) is 2.37. The lowest BCUT2D eigenvalue weighted by Gasteiger charge is -2.07. The molecule has 6 heteroatoms. The summed E-state index contributed by atoms with van der Waals surface area (Å²) in [5, 5.41) is 4.21. The summed E-state index contributed by atoms with van der Waals surface area (Å²) >= 11 is 11.8. The molecule has 0 radical (unpaired) electrons. The highest BCUT2D eigenvalue weighted by Crippen LogP contribution is 2.22. The van der Waals surface area contributed by atoms with E-state index in [1.807, 2.05) is 17.8 Å². The van der Waals surface area contributed by atoms with Crippen LogP contribution in [0.1, 0.15) is 5.82 Å². The fourth-order valence-electron chi connectivity index (χ4n) is 1.47. The molecule has 0 amide bonds. The van der Waals surface area contributed by atoms with E-state index >= 15 is 0 Å². The van der Waals surface area contributed by atoms with Crippen LogP contribution in [-0.4, -0.2) is 21.1 Å². The second-order valence-corrected chi connectivity index (χ2v) is 4.46. The molecule has 0 atom stereocenters. The number of anilines is 1. The van der Waals surface area contributed by atoms with E-state index in [-0.39, 0.29) is 0 Å². The molecular formula is C11H12Cl2N4. The van der Waals surface area contributed by atoms with Crippen LogP contribution in [0.15, 0.2) is 24.7 Å². The van der Waals surface area contributed by atoms with Gasteiger partial charge in [0.2, 0.25) is 0 Å². The molecule has 1 N–H and O–H groups in total. The highest BCUT2D eigenvalue weighted by Gasteiger charge is 2.03. The highest BCUT2D eigenvalue weighted by atomic mass is 35.5. The van der Waals surface area contributed by atoms with Gasteiger partial charge in [0.25, 0.3) is 0 Å². The van der Waals surface area contributed by atoms with E-state index in [0.29, 0.717) is 15.9 Å². The standard InChI is InChI=1S/C11H12Cl2N4/c1-17-5-4-14-10(17)2-3-15-11-9(13)6-8(12)7-16-11/h4-7H,2-3H2,1H3,(H,15,16). The van der Waals surface area contributed by atoms with E-state index in [1.165, 1.54) is 0 Å². The van der Waals surface area contributed by atoms with Crippen molar-refractivity contribution >= 4 is 29.0 Å². The van der Waals surface area contributed by atoms with Crippen molar-refractivity contribution in [1.29, 1.82) is 0 Å². The Balaban J connectivity index is 1.92. The molecule has 0 bridgehead atoms. The van der Waals surface area contributed by atoms with Crippen molar-refractivity contribution < 1.29 is 0 Å². The van der Waals surface area contributed by atoms with Gasteiger partial charge in [-0.3, -0.25) is 0 Å². The zero-order valence-corrected chi connectivity index (χ0v) is 10.8. The molecule has 0 unspecified atom stereocenters. The Morgan fingerprint density at radius 3 is 2.82 bits per heavy atom. The maximum atomic E-state index is 5.99. The Morgan fingerprint density at radius 1 is 1.35 bits per heavy atom. The SMILES string of the molecule is Cn1ccnc1CCNc1ncc(Cl)cc1Cl. The minimum absolute atomic E-state index is 0.525. The molecule has 2 rings (SSSR count). The molecule has 0 aliphatic rings. The summed E-state index contributed by atoms with van der Waals surface area (Å²) in [4.78, 5) is 8.35. The van der Waals surface area contributed by atoms with Gasteiger partial charge in [0.1, 0.15) is 11.6 Å². The van der Waals surface area contributed by atoms with E-state index in [1.54, 1.807) is 18.5 Å². The first-order valence-corrected chi connectivity index (χ1v) is 5.93. The first kappa shape index (κ1) is 12.2. The summed E-state index contributed by atoms with van der Waals surface area (Å²) in [6.45, 7) is 0.721. The normalized spacial score (nSPS) is 10.5. The number of imidazole rings is 1. The van der Waals surface area contributed by atoms with Gasteiger partial charge in [-0.2, -0.15) is 0 Å². The zero-order valence-electron chi connectivity index (χ0n) is 9.32. The molecule has 0 spiro atoms. The van der Waals surface area contributed by atoms with Gasteiger partial charge in [-0.1, -0.05) is 23.2 Å². The predicted octanol–water partition coefficient (Wildman–Crippen LogP) is 2.78. The number of aromatic nitrogens is 3. The number of hydrogen-bond donors (Lipinski definition) is 1. The molecule has 0 aromatic carbocycles. The second kappa shape index (κ2) is 5.38. The Kier molecular flexibility index (Phi) is 3.86. The largest absolute Gasteiger partial charge is 0.368 e. The summed E-state index contributed by atoms with van der Waals surface area (Å²) < 4.78 is 1.98. The lowest BCUT2D eigenvalue weighted by Crippen LogP contribution is -2.09. The summed E-state index contributed by atoms with van der Waals surface area (Å²) in [7, 11) is 1.97. The number of nitrogens with zero attached hydrogens (tertiary/aromatic N) is 3. The van der Waals surface area contributed by atoms with Crippen LogP contribution in [0.2, 0.25) is 10.0 Å². The summed E-state index contributed by atoms with van der Waals surface area (Å²) in [6.07, 6.45) is 6.08. The molecule has 0 fully saturated rings. The number of rotatable bonds is 4. The number of halogens is 2. The minimum Gasteiger partial charge on any atom is -0.368 e. The van der Waals surface area contributed by atoms with Crippen molar-refractivity contribution in [2.24, 2.45) is 7.05 Å². The van der Waals surface area contributed by atoms with E-state index in [0.717, 1.165) is 18.8 Å². The average molecular weight is 271 g/mol.